The van der Waals surface area contributed by atoms with Gasteiger partial charge in [-0.05, 0) is 99.0 Å². The zero-order valence-electron chi connectivity index (χ0n) is 22.6. The van der Waals surface area contributed by atoms with Crippen molar-refractivity contribution >= 4 is 22.8 Å². The molecule has 0 bridgehead atoms. The Hall–Kier alpha value is -3.87. The molecule has 1 amide bonds. The van der Waals surface area contributed by atoms with Crippen LogP contribution in [0.1, 0.15) is 61.9 Å². The first-order valence-electron chi connectivity index (χ1n) is 13.5. The number of nitrogens with zero attached hydrogens (tertiary/aromatic N) is 4. The number of aromatic nitrogens is 3. The summed E-state index contributed by atoms with van der Waals surface area (Å²) < 4.78 is 5.83. The molecular formula is C31H35N5O2. The van der Waals surface area contributed by atoms with Crippen LogP contribution in [0, 0.1) is 6.92 Å². The molecule has 0 radical (unpaired) electrons. The summed E-state index contributed by atoms with van der Waals surface area (Å²) in [6, 6.07) is 10.9. The highest BCUT2D eigenvalue weighted by molar-refractivity contribution is 5.84. The van der Waals surface area contributed by atoms with Gasteiger partial charge in [0.25, 0.3) is 0 Å². The number of anilines is 1. The van der Waals surface area contributed by atoms with Crippen LogP contribution < -0.4 is 4.90 Å². The number of nitrogens with one attached hydrogen (secondary N) is 1. The van der Waals surface area contributed by atoms with Gasteiger partial charge in [-0.3, -0.25) is 4.98 Å². The second-order valence-corrected chi connectivity index (χ2v) is 11.5. The Kier molecular flexibility index (Phi) is 6.09. The number of hydrogen-bond donors (Lipinski definition) is 1. The average molecular weight is 510 g/mol. The van der Waals surface area contributed by atoms with Crippen LogP contribution in [0.2, 0.25) is 0 Å². The van der Waals surface area contributed by atoms with E-state index in [0.717, 1.165) is 60.2 Å². The molecule has 38 heavy (non-hydrogen) atoms. The molecule has 1 aromatic carbocycles. The Morgan fingerprint density at radius 1 is 1.13 bits per heavy atom. The summed E-state index contributed by atoms with van der Waals surface area (Å²) in [7, 11) is 0. The van der Waals surface area contributed by atoms with Gasteiger partial charge >= 0.3 is 6.09 Å². The van der Waals surface area contributed by atoms with Crippen molar-refractivity contribution in [2.75, 3.05) is 18.0 Å². The Bertz CT molecular complexity index is 1490. The topological polar surface area (TPSA) is 74.3 Å². The number of H-pyrrole nitrogens is 1. The number of ether oxygens (including phenoxy) is 1. The third-order valence-electron chi connectivity index (χ3n) is 7.70. The third-order valence-corrected chi connectivity index (χ3v) is 7.70. The predicted molar refractivity (Wildman–Crippen MR) is 150 cm³/mol. The van der Waals surface area contributed by atoms with Gasteiger partial charge in [-0.25, -0.2) is 9.78 Å². The quantitative estimate of drug-likeness (QED) is 0.338. The molecule has 0 unspecified atom stereocenters. The highest BCUT2D eigenvalue weighted by Gasteiger charge is 2.36. The van der Waals surface area contributed by atoms with Crippen molar-refractivity contribution in [2.45, 2.75) is 65.1 Å². The van der Waals surface area contributed by atoms with Gasteiger partial charge in [0.1, 0.15) is 11.2 Å². The van der Waals surface area contributed by atoms with E-state index in [4.69, 9.17) is 9.72 Å². The molecule has 0 aliphatic carbocycles. The molecule has 196 valence electrons. The maximum Gasteiger partial charge on any atom is 0.410 e. The van der Waals surface area contributed by atoms with Crippen molar-refractivity contribution in [3.8, 4) is 11.1 Å². The smallest absolute Gasteiger partial charge is 0.410 e. The lowest BCUT2D eigenvalue weighted by Gasteiger charge is -2.35. The van der Waals surface area contributed by atoms with Crippen LogP contribution in [0.5, 0.6) is 0 Å². The number of pyridine rings is 2. The fourth-order valence-electron chi connectivity index (χ4n) is 5.84. The predicted octanol–water partition coefficient (Wildman–Crippen LogP) is 6.57. The molecule has 0 saturated carbocycles. The molecule has 2 aliphatic rings. The normalized spacial score (nSPS) is 17.6. The summed E-state index contributed by atoms with van der Waals surface area (Å²) in [6.07, 6.45) is 10.3. The van der Waals surface area contributed by atoms with E-state index in [-0.39, 0.29) is 12.1 Å². The van der Waals surface area contributed by atoms with Gasteiger partial charge in [0.05, 0.1) is 17.9 Å². The van der Waals surface area contributed by atoms with Crippen LogP contribution in [-0.4, -0.2) is 44.6 Å². The van der Waals surface area contributed by atoms with Crippen LogP contribution in [0.25, 0.3) is 22.2 Å². The van der Waals surface area contributed by atoms with Gasteiger partial charge in [0, 0.05) is 49.2 Å². The lowest BCUT2D eigenvalue weighted by molar-refractivity contribution is 0.0224. The average Bonchev–Trinajstić information content (AvgIpc) is 3.54. The third kappa shape index (κ3) is 4.62. The lowest BCUT2D eigenvalue weighted by atomic mass is 9.86. The number of likely N-dealkylation sites (tertiary alicyclic amines) is 1. The highest BCUT2D eigenvalue weighted by atomic mass is 16.6. The number of hydrogen-bond acceptors (Lipinski definition) is 5. The number of rotatable bonds is 3. The number of aryl methyl sites for hydroxylation is 1. The molecule has 3 aromatic heterocycles. The van der Waals surface area contributed by atoms with Gasteiger partial charge in [-0.2, -0.15) is 0 Å². The number of carbonyl (C=O) groups is 1. The second kappa shape index (κ2) is 9.46. The number of fused-ring (bicyclic) bond motifs is 2. The van der Waals surface area contributed by atoms with E-state index < -0.39 is 5.60 Å². The van der Waals surface area contributed by atoms with Crippen molar-refractivity contribution in [1.29, 1.82) is 0 Å². The minimum absolute atomic E-state index is 0.0157. The minimum atomic E-state index is -0.530. The molecule has 1 atom stereocenters. The second-order valence-electron chi connectivity index (χ2n) is 11.5. The molecule has 0 spiro atoms. The fourth-order valence-corrected chi connectivity index (χ4v) is 5.84. The molecule has 5 heterocycles. The summed E-state index contributed by atoms with van der Waals surface area (Å²) in [5.74, 6) is 0. The van der Waals surface area contributed by atoms with Gasteiger partial charge in [-0.15, -0.1) is 0 Å². The number of amides is 1. The number of benzene rings is 1. The maximum atomic E-state index is 13.3. The van der Waals surface area contributed by atoms with Crippen molar-refractivity contribution in [2.24, 2.45) is 0 Å². The summed E-state index contributed by atoms with van der Waals surface area (Å²) in [6.45, 7) is 10.3. The standard InChI is InChI=1S/C31H35N5O2/c1-20-16-33-29-25(20)15-23(17-34-29)22-13-21-9-12-35(24-7-5-10-32-18-24)19-27(21)26(14-22)28-8-6-11-36(28)30(37)38-31(2,3)4/h5,7,10,13-18,28H,6,8-9,11-12,19H2,1-4H3,(H,33,34)/t28-/m0/s1. The van der Waals surface area contributed by atoms with E-state index in [2.05, 4.69) is 46.1 Å². The van der Waals surface area contributed by atoms with Crippen molar-refractivity contribution in [3.63, 3.8) is 0 Å². The van der Waals surface area contributed by atoms with E-state index in [0.29, 0.717) is 6.54 Å². The maximum absolute atomic E-state index is 13.3. The Morgan fingerprint density at radius 3 is 2.79 bits per heavy atom. The van der Waals surface area contributed by atoms with E-state index in [9.17, 15) is 4.79 Å². The van der Waals surface area contributed by atoms with E-state index in [1.807, 2.05) is 56.5 Å². The van der Waals surface area contributed by atoms with Crippen LogP contribution in [0.4, 0.5) is 10.5 Å². The summed E-state index contributed by atoms with van der Waals surface area (Å²) in [5.41, 5.74) is 8.82. The van der Waals surface area contributed by atoms with Gasteiger partial charge in [-0.1, -0.05) is 6.07 Å². The summed E-state index contributed by atoms with van der Waals surface area (Å²) >= 11 is 0. The Labute approximate surface area is 223 Å². The molecule has 4 aromatic rings. The molecule has 1 fully saturated rings. The van der Waals surface area contributed by atoms with Crippen LogP contribution in [-0.2, 0) is 17.7 Å². The zero-order chi connectivity index (χ0) is 26.4. The molecule has 1 saturated heterocycles. The number of carbonyl (C=O) groups excluding carboxylic acids is 1. The first-order valence-corrected chi connectivity index (χ1v) is 13.5. The van der Waals surface area contributed by atoms with Gasteiger partial charge in [0.2, 0.25) is 0 Å². The monoisotopic (exact) mass is 509 g/mol. The van der Waals surface area contributed by atoms with Crippen LogP contribution in [0.15, 0.2) is 55.1 Å². The Balaban J connectivity index is 1.44. The van der Waals surface area contributed by atoms with E-state index in [1.54, 1.807) is 0 Å². The summed E-state index contributed by atoms with van der Waals surface area (Å²) in [4.78, 5) is 29.9. The Morgan fingerprint density at radius 2 is 2.00 bits per heavy atom. The van der Waals surface area contributed by atoms with Gasteiger partial charge < -0.3 is 19.5 Å². The SMILES string of the molecule is Cc1c[nH]c2ncc(-c3cc4c(c([C@@H]5CCCN5C(=O)OC(C)(C)C)c3)CN(c3cccnc3)CC4)cc12. The van der Waals surface area contributed by atoms with E-state index in [1.165, 1.54) is 22.3 Å². The zero-order valence-corrected chi connectivity index (χ0v) is 22.6. The van der Waals surface area contributed by atoms with Crippen LogP contribution >= 0.6 is 0 Å². The van der Waals surface area contributed by atoms with Crippen molar-refractivity contribution < 1.29 is 9.53 Å². The van der Waals surface area contributed by atoms with E-state index >= 15 is 0 Å². The molecule has 1 N–H and O–H groups in total. The van der Waals surface area contributed by atoms with Gasteiger partial charge in [0.15, 0.2) is 0 Å². The van der Waals surface area contributed by atoms with Crippen molar-refractivity contribution in [1.82, 2.24) is 19.9 Å². The largest absolute Gasteiger partial charge is 0.444 e. The number of aromatic amines is 1. The first-order chi connectivity index (χ1) is 18.3. The molecular weight excluding hydrogens is 474 g/mol. The van der Waals surface area contributed by atoms with Crippen molar-refractivity contribution in [3.05, 3.63) is 77.4 Å². The highest BCUT2D eigenvalue weighted by Crippen LogP contribution is 2.41. The molecule has 6 rings (SSSR count). The fraction of sp³-hybridized carbons (Fsp3) is 0.387. The molecule has 7 heteroatoms. The minimum Gasteiger partial charge on any atom is -0.444 e. The molecule has 2 aliphatic heterocycles. The lowest BCUT2D eigenvalue weighted by Crippen LogP contribution is -2.37. The molecule has 7 nitrogen and oxygen atoms in total. The van der Waals surface area contributed by atoms with Crippen LogP contribution in [0.3, 0.4) is 0 Å². The summed E-state index contributed by atoms with van der Waals surface area (Å²) in [5, 5.41) is 1.14. The first kappa shape index (κ1) is 24.5.